The molecule has 0 saturated heterocycles. The molecule has 29 heavy (non-hydrogen) atoms. The minimum absolute atomic E-state index is 0.654. The summed E-state index contributed by atoms with van der Waals surface area (Å²) in [4.78, 5) is 0. The SMILES string of the molecule is Cc1ccc(-n2c(SCc3ccccc3C#N)nnc2-c2ccccc2)cc1C. The summed E-state index contributed by atoms with van der Waals surface area (Å²) in [7, 11) is 0. The number of aryl methyl sites for hydroxylation is 2. The van der Waals surface area contributed by atoms with Gasteiger partial charge in [-0.1, -0.05) is 66.4 Å². The van der Waals surface area contributed by atoms with E-state index < -0.39 is 0 Å². The van der Waals surface area contributed by atoms with Crippen molar-refractivity contribution in [3.05, 3.63) is 95.1 Å². The molecule has 0 amide bonds. The highest BCUT2D eigenvalue weighted by atomic mass is 32.2. The molecule has 0 unspecified atom stereocenters. The molecule has 3 aromatic carbocycles. The van der Waals surface area contributed by atoms with Crippen LogP contribution in [0.2, 0.25) is 0 Å². The molecule has 0 N–H and O–H groups in total. The number of nitriles is 1. The van der Waals surface area contributed by atoms with E-state index in [1.807, 2.05) is 54.6 Å². The van der Waals surface area contributed by atoms with Crippen molar-refractivity contribution in [3.63, 3.8) is 0 Å². The largest absolute Gasteiger partial charge is 0.270 e. The summed E-state index contributed by atoms with van der Waals surface area (Å²) < 4.78 is 2.10. The molecular formula is C24H20N4S. The van der Waals surface area contributed by atoms with Crippen LogP contribution in [0, 0.1) is 25.2 Å². The molecule has 142 valence electrons. The topological polar surface area (TPSA) is 54.5 Å². The molecule has 0 saturated carbocycles. The van der Waals surface area contributed by atoms with Crippen LogP contribution in [0.5, 0.6) is 0 Å². The fraction of sp³-hybridized carbons (Fsp3) is 0.125. The van der Waals surface area contributed by atoms with Crippen LogP contribution < -0.4 is 0 Å². The van der Waals surface area contributed by atoms with E-state index in [0.29, 0.717) is 11.3 Å². The average Bonchev–Trinajstić information content (AvgIpc) is 3.19. The normalized spacial score (nSPS) is 10.7. The molecule has 1 aromatic heterocycles. The maximum Gasteiger partial charge on any atom is 0.196 e. The van der Waals surface area contributed by atoms with Gasteiger partial charge in [0.15, 0.2) is 11.0 Å². The first kappa shape index (κ1) is 19.0. The molecule has 1 heterocycles. The summed E-state index contributed by atoms with van der Waals surface area (Å²) in [5.41, 5.74) is 6.22. The van der Waals surface area contributed by atoms with Crippen molar-refractivity contribution in [2.45, 2.75) is 24.8 Å². The average molecular weight is 397 g/mol. The van der Waals surface area contributed by atoms with Gasteiger partial charge in [-0.15, -0.1) is 10.2 Å². The van der Waals surface area contributed by atoms with E-state index >= 15 is 0 Å². The van der Waals surface area contributed by atoms with Crippen LogP contribution >= 0.6 is 11.8 Å². The number of hydrogen-bond acceptors (Lipinski definition) is 4. The molecule has 4 nitrogen and oxygen atoms in total. The molecule has 0 aliphatic carbocycles. The highest BCUT2D eigenvalue weighted by Crippen LogP contribution is 2.31. The third kappa shape index (κ3) is 3.94. The number of benzene rings is 3. The molecule has 0 atom stereocenters. The van der Waals surface area contributed by atoms with E-state index in [1.54, 1.807) is 11.8 Å². The maximum absolute atomic E-state index is 9.37. The molecule has 4 aromatic rings. The zero-order valence-corrected chi connectivity index (χ0v) is 17.1. The van der Waals surface area contributed by atoms with Gasteiger partial charge >= 0.3 is 0 Å². The van der Waals surface area contributed by atoms with Crippen molar-refractivity contribution < 1.29 is 0 Å². The number of thioether (sulfide) groups is 1. The third-order valence-electron chi connectivity index (χ3n) is 4.91. The Kier molecular flexibility index (Phi) is 5.46. The van der Waals surface area contributed by atoms with Crippen molar-refractivity contribution >= 4 is 11.8 Å². The molecule has 5 heteroatoms. The molecule has 0 bridgehead atoms. The minimum atomic E-state index is 0.654. The summed E-state index contributed by atoms with van der Waals surface area (Å²) >= 11 is 1.59. The lowest BCUT2D eigenvalue weighted by Crippen LogP contribution is -2.01. The van der Waals surface area contributed by atoms with Crippen LogP contribution in [0.25, 0.3) is 17.1 Å². The molecule has 0 aliphatic rings. The standard InChI is InChI=1S/C24H20N4S/c1-17-12-13-22(14-18(17)2)28-23(19-8-4-3-5-9-19)26-27-24(28)29-16-21-11-7-6-10-20(21)15-25/h3-14H,16H2,1-2H3. The Morgan fingerprint density at radius 1 is 0.897 bits per heavy atom. The van der Waals surface area contributed by atoms with E-state index in [2.05, 4.69) is 52.9 Å². The first-order valence-corrected chi connectivity index (χ1v) is 10.3. The Hall–Kier alpha value is -3.36. The Morgan fingerprint density at radius 2 is 1.66 bits per heavy atom. The van der Waals surface area contributed by atoms with Crippen LogP contribution in [-0.4, -0.2) is 14.8 Å². The third-order valence-corrected chi connectivity index (χ3v) is 5.89. The first-order valence-electron chi connectivity index (χ1n) is 9.36. The second kappa shape index (κ2) is 8.34. The lowest BCUT2D eigenvalue weighted by atomic mass is 10.1. The lowest BCUT2D eigenvalue weighted by Gasteiger charge is -2.12. The fourth-order valence-electron chi connectivity index (χ4n) is 3.13. The Balaban J connectivity index is 1.77. The lowest BCUT2D eigenvalue weighted by molar-refractivity contribution is 0.884. The van der Waals surface area contributed by atoms with Crippen molar-refractivity contribution in [1.29, 1.82) is 5.26 Å². The predicted octanol–water partition coefficient (Wildman–Crippen LogP) is 5.72. The second-order valence-electron chi connectivity index (χ2n) is 6.83. The molecule has 0 aliphatic heterocycles. The molecule has 0 radical (unpaired) electrons. The quantitative estimate of drug-likeness (QED) is 0.405. The van der Waals surface area contributed by atoms with Gasteiger partial charge in [-0.3, -0.25) is 4.57 Å². The van der Waals surface area contributed by atoms with Gasteiger partial charge in [0.25, 0.3) is 0 Å². The van der Waals surface area contributed by atoms with Gasteiger partial charge < -0.3 is 0 Å². The first-order chi connectivity index (χ1) is 14.2. The number of hydrogen-bond donors (Lipinski definition) is 0. The van der Waals surface area contributed by atoms with Crippen molar-refractivity contribution in [2.24, 2.45) is 0 Å². The van der Waals surface area contributed by atoms with E-state index in [9.17, 15) is 5.26 Å². The summed E-state index contributed by atoms with van der Waals surface area (Å²) in [6.45, 7) is 4.22. The Bertz CT molecular complexity index is 1190. The van der Waals surface area contributed by atoms with E-state index in [4.69, 9.17) is 0 Å². The van der Waals surface area contributed by atoms with Crippen LogP contribution in [0.3, 0.4) is 0 Å². The van der Waals surface area contributed by atoms with Crippen LogP contribution in [-0.2, 0) is 5.75 Å². The molecule has 4 rings (SSSR count). The molecule has 0 spiro atoms. The van der Waals surface area contributed by atoms with Gasteiger partial charge in [0.1, 0.15) is 0 Å². The van der Waals surface area contributed by atoms with Crippen molar-refractivity contribution in [3.8, 4) is 23.1 Å². The second-order valence-corrected chi connectivity index (χ2v) is 7.78. The van der Waals surface area contributed by atoms with E-state index in [-0.39, 0.29) is 0 Å². The fourth-order valence-corrected chi connectivity index (χ4v) is 4.09. The summed E-state index contributed by atoms with van der Waals surface area (Å²) in [5.74, 6) is 1.46. The predicted molar refractivity (Wildman–Crippen MR) is 117 cm³/mol. The van der Waals surface area contributed by atoms with Gasteiger partial charge in [0, 0.05) is 11.3 Å². The Labute approximate surface area is 174 Å². The van der Waals surface area contributed by atoms with E-state index in [1.165, 1.54) is 11.1 Å². The van der Waals surface area contributed by atoms with Gasteiger partial charge in [0.05, 0.1) is 17.3 Å². The Morgan fingerprint density at radius 3 is 2.41 bits per heavy atom. The number of rotatable bonds is 5. The summed E-state index contributed by atoms with van der Waals surface area (Å²) in [5, 5.41) is 19.2. The van der Waals surface area contributed by atoms with Crippen LogP contribution in [0.1, 0.15) is 22.3 Å². The van der Waals surface area contributed by atoms with Crippen LogP contribution in [0.15, 0.2) is 78.0 Å². The summed E-state index contributed by atoms with van der Waals surface area (Å²) in [6.07, 6.45) is 0. The number of nitrogens with zero attached hydrogens (tertiary/aromatic N) is 4. The number of aromatic nitrogens is 3. The van der Waals surface area contributed by atoms with Crippen molar-refractivity contribution in [1.82, 2.24) is 14.8 Å². The van der Waals surface area contributed by atoms with Crippen LogP contribution in [0.4, 0.5) is 0 Å². The highest BCUT2D eigenvalue weighted by Gasteiger charge is 2.17. The highest BCUT2D eigenvalue weighted by molar-refractivity contribution is 7.98. The zero-order valence-electron chi connectivity index (χ0n) is 16.3. The van der Waals surface area contributed by atoms with E-state index in [0.717, 1.165) is 27.8 Å². The van der Waals surface area contributed by atoms with Gasteiger partial charge in [-0.25, -0.2) is 0 Å². The van der Waals surface area contributed by atoms with Gasteiger partial charge in [0.2, 0.25) is 0 Å². The summed E-state index contributed by atoms with van der Waals surface area (Å²) in [6, 6.07) is 26.4. The molecular weight excluding hydrogens is 376 g/mol. The molecule has 0 fully saturated rings. The maximum atomic E-state index is 9.37. The zero-order chi connectivity index (χ0) is 20.2. The van der Waals surface area contributed by atoms with Gasteiger partial charge in [-0.05, 0) is 48.7 Å². The minimum Gasteiger partial charge on any atom is -0.270 e. The van der Waals surface area contributed by atoms with Gasteiger partial charge in [-0.2, -0.15) is 5.26 Å². The smallest absolute Gasteiger partial charge is 0.196 e. The van der Waals surface area contributed by atoms with Crippen molar-refractivity contribution in [2.75, 3.05) is 0 Å². The monoisotopic (exact) mass is 396 g/mol.